The minimum Gasteiger partial charge on any atom is -0.497 e. The van der Waals surface area contributed by atoms with Crippen LogP contribution in [0.15, 0.2) is 48.8 Å². The highest BCUT2D eigenvalue weighted by Crippen LogP contribution is 2.28. The number of anilines is 2. The number of hydrogen-bond donors (Lipinski definition) is 0. The molecule has 3 aromatic rings. The first-order valence-electron chi connectivity index (χ1n) is 11.4. The Hall–Kier alpha value is -3.95. The lowest BCUT2D eigenvalue weighted by Gasteiger charge is -2.36. The van der Waals surface area contributed by atoms with Crippen LogP contribution in [0.4, 0.5) is 11.5 Å². The van der Waals surface area contributed by atoms with E-state index in [9.17, 15) is 9.59 Å². The van der Waals surface area contributed by atoms with Crippen molar-refractivity contribution in [3.8, 4) is 11.6 Å². The van der Waals surface area contributed by atoms with Gasteiger partial charge in [-0.05, 0) is 37.3 Å². The van der Waals surface area contributed by atoms with Gasteiger partial charge in [-0.25, -0.2) is 14.6 Å². The van der Waals surface area contributed by atoms with Crippen LogP contribution >= 0.6 is 0 Å². The lowest BCUT2D eigenvalue weighted by atomic mass is 10.1. The molecule has 0 spiro atoms. The Morgan fingerprint density at radius 2 is 1.79 bits per heavy atom. The van der Waals surface area contributed by atoms with Crippen molar-refractivity contribution < 1.29 is 14.3 Å². The van der Waals surface area contributed by atoms with E-state index >= 15 is 0 Å². The van der Waals surface area contributed by atoms with Crippen LogP contribution in [0.5, 0.6) is 5.75 Å². The molecule has 2 fully saturated rings. The number of benzene rings is 1. The number of carbonyl (C=O) groups excluding carboxylic acids is 2. The number of piperazine rings is 1. The summed E-state index contributed by atoms with van der Waals surface area (Å²) in [6.45, 7) is 4.79. The molecule has 2 aromatic heterocycles. The van der Waals surface area contributed by atoms with Gasteiger partial charge in [0, 0.05) is 63.3 Å². The van der Waals surface area contributed by atoms with Gasteiger partial charge in [0.05, 0.1) is 13.0 Å². The molecule has 1 aromatic carbocycles. The number of rotatable bonds is 5. The predicted molar refractivity (Wildman–Crippen MR) is 126 cm³/mol. The van der Waals surface area contributed by atoms with Gasteiger partial charge in [0.2, 0.25) is 11.8 Å². The van der Waals surface area contributed by atoms with Crippen LogP contribution in [-0.4, -0.2) is 76.3 Å². The van der Waals surface area contributed by atoms with Crippen LogP contribution in [0.2, 0.25) is 0 Å². The lowest BCUT2D eigenvalue weighted by Crippen LogP contribution is -2.51. The molecule has 1 atom stereocenters. The zero-order chi connectivity index (χ0) is 23.7. The fraction of sp³-hybridized carbons (Fsp3) is 0.375. The third-order valence-corrected chi connectivity index (χ3v) is 6.32. The average Bonchev–Trinajstić information content (AvgIpc) is 3.54. The van der Waals surface area contributed by atoms with Crippen LogP contribution in [0, 0.1) is 12.8 Å². The van der Waals surface area contributed by atoms with E-state index < -0.39 is 0 Å². The molecule has 0 radical (unpaired) electrons. The van der Waals surface area contributed by atoms with E-state index in [0.717, 1.165) is 17.3 Å². The minimum absolute atomic E-state index is 0.0234. The molecule has 2 aliphatic heterocycles. The molecule has 34 heavy (non-hydrogen) atoms. The van der Waals surface area contributed by atoms with E-state index in [1.54, 1.807) is 22.9 Å². The summed E-state index contributed by atoms with van der Waals surface area (Å²) < 4.78 is 6.90. The predicted octanol–water partition coefficient (Wildman–Crippen LogP) is 1.68. The van der Waals surface area contributed by atoms with Gasteiger partial charge < -0.3 is 19.4 Å². The van der Waals surface area contributed by atoms with Crippen molar-refractivity contribution in [2.24, 2.45) is 5.92 Å². The van der Waals surface area contributed by atoms with Crippen LogP contribution in [0.1, 0.15) is 12.2 Å². The topological polar surface area (TPSA) is 96.7 Å². The number of carbonyl (C=O) groups is 2. The molecule has 10 heteroatoms. The van der Waals surface area contributed by atoms with E-state index in [-0.39, 0.29) is 24.2 Å². The summed E-state index contributed by atoms with van der Waals surface area (Å²) in [5.74, 6) is 2.64. The lowest BCUT2D eigenvalue weighted by molar-refractivity contribution is -0.136. The quantitative estimate of drug-likeness (QED) is 0.570. The number of aromatic nitrogens is 4. The standard InChI is InChI=1S/C24H27N7O3/c1-17-26-21(15-22(27-17)31-9-3-8-25-31)28-10-12-29(13-11-28)24(33)18-14-23(32)30(16-18)19-4-6-20(34-2)7-5-19/h3-9,15,18H,10-14,16H2,1-2H3. The monoisotopic (exact) mass is 461 g/mol. The Balaban J connectivity index is 1.21. The maximum atomic E-state index is 13.2. The van der Waals surface area contributed by atoms with Gasteiger partial charge >= 0.3 is 0 Å². The van der Waals surface area contributed by atoms with Gasteiger partial charge in [-0.3, -0.25) is 9.59 Å². The Morgan fingerprint density at radius 3 is 2.47 bits per heavy atom. The third kappa shape index (κ3) is 4.30. The Kier molecular flexibility index (Phi) is 5.87. The molecule has 0 aliphatic carbocycles. The molecule has 0 saturated carbocycles. The highest BCUT2D eigenvalue weighted by atomic mass is 16.5. The summed E-state index contributed by atoms with van der Waals surface area (Å²) in [4.78, 5) is 40.6. The first-order valence-corrected chi connectivity index (χ1v) is 11.4. The summed E-state index contributed by atoms with van der Waals surface area (Å²) >= 11 is 0. The second-order valence-corrected chi connectivity index (χ2v) is 8.50. The van der Waals surface area contributed by atoms with Crippen LogP contribution < -0.4 is 14.5 Å². The minimum atomic E-state index is -0.325. The van der Waals surface area contributed by atoms with Crippen molar-refractivity contribution in [2.75, 3.05) is 49.6 Å². The highest BCUT2D eigenvalue weighted by molar-refractivity contribution is 6.00. The molecule has 2 amide bonds. The molecule has 5 rings (SSSR count). The number of nitrogens with zero attached hydrogens (tertiary/aromatic N) is 7. The second kappa shape index (κ2) is 9.12. The van der Waals surface area contributed by atoms with Crippen molar-refractivity contribution in [2.45, 2.75) is 13.3 Å². The second-order valence-electron chi connectivity index (χ2n) is 8.50. The summed E-state index contributed by atoms with van der Waals surface area (Å²) in [5, 5.41) is 4.25. The zero-order valence-corrected chi connectivity index (χ0v) is 19.3. The highest BCUT2D eigenvalue weighted by Gasteiger charge is 2.38. The molecule has 10 nitrogen and oxygen atoms in total. The molecule has 0 N–H and O–H groups in total. The summed E-state index contributed by atoms with van der Waals surface area (Å²) in [7, 11) is 1.61. The SMILES string of the molecule is COc1ccc(N2CC(C(=O)N3CCN(c4cc(-n5cccn5)nc(C)n4)CC3)CC2=O)cc1. The Morgan fingerprint density at radius 1 is 1.06 bits per heavy atom. The van der Waals surface area contributed by atoms with Gasteiger partial charge in [-0.15, -0.1) is 0 Å². The van der Waals surface area contributed by atoms with E-state index in [4.69, 9.17) is 4.74 Å². The molecule has 2 aliphatic rings. The van der Waals surface area contributed by atoms with Gasteiger partial charge in [0.15, 0.2) is 5.82 Å². The zero-order valence-electron chi connectivity index (χ0n) is 19.3. The fourth-order valence-corrected chi connectivity index (χ4v) is 4.52. The first kappa shape index (κ1) is 21.9. The number of hydrogen-bond acceptors (Lipinski definition) is 7. The first-order chi connectivity index (χ1) is 16.5. The Labute approximate surface area is 197 Å². The molecule has 2 saturated heterocycles. The fourth-order valence-electron chi connectivity index (χ4n) is 4.52. The number of aryl methyl sites for hydroxylation is 1. The van der Waals surface area contributed by atoms with Crippen molar-refractivity contribution >= 4 is 23.3 Å². The van der Waals surface area contributed by atoms with Crippen molar-refractivity contribution in [1.29, 1.82) is 0 Å². The van der Waals surface area contributed by atoms with Crippen molar-refractivity contribution in [1.82, 2.24) is 24.6 Å². The molecule has 1 unspecified atom stereocenters. The number of amides is 2. The molecular weight excluding hydrogens is 434 g/mol. The normalized spacial score (nSPS) is 18.5. The summed E-state index contributed by atoms with van der Waals surface area (Å²) in [6.07, 6.45) is 3.80. The smallest absolute Gasteiger partial charge is 0.228 e. The Bertz CT molecular complexity index is 1170. The van der Waals surface area contributed by atoms with Crippen LogP contribution in [-0.2, 0) is 9.59 Å². The van der Waals surface area contributed by atoms with Crippen LogP contribution in [0.25, 0.3) is 5.82 Å². The third-order valence-electron chi connectivity index (χ3n) is 6.32. The average molecular weight is 462 g/mol. The van der Waals surface area contributed by atoms with Crippen molar-refractivity contribution in [3.63, 3.8) is 0 Å². The maximum absolute atomic E-state index is 13.2. The maximum Gasteiger partial charge on any atom is 0.228 e. The molecule has 176 valence electrons. The number of ether oxygens (including phenoxy) is 1. The van der Waals surface area contributed by atoms with Gasteiger partial charge in [0.25, 0.3) is 0 Å². The number of methoxy groups -OCH3 is 1. The molecule has 0 bridgehead atoms. The van der Waals surface area contributed by atoms with E-state index in [0.29, 0.717) is 44.4 Å². The van der Waals surface area contributed by atoms with E-state index in [1.165, 1.54) is 0 Å². The molecular formula is C24H27N7O3. The van der Waals surface area contributed by atoms with Gasteiger partial charge in [0.1, 0.15) is 17.4 Å². The van der Waals surface area contributed by atoms with Gasteiger partial charge in [-0.1, -0.05) is 0 Å². The summed E-state index contributed by atoms with van der Waals surface area (Å²) in [6, 6.07) is 11.1. The van der Waals surface area contributed by atoms with Crippen molar-refractivity contribution in [3.05, 3.63) is 54.6 Å². The van der Waals surface area contributed by atoms with E-state index in [2.05, 4.69) is 20.0 Å². The van der Waals surface area contributed by atoms with E-state index in [1.807, 2.05) is 54.4 Å². The van der Waals surface area contributed by atoms with Crippen LogP contribution in [0.3, 0.4) is 0 Å². The van der Waals surface area contributed by atoms with Gasteiger partial charge in [-0.2, -0.15) is 5.10 Å². The largest absolute Gasteiger partial charge is 0.497 e. The molecule has 4 heterocycles. The summed E-state index contributed by atoms with van der Waals surface area (Å²) in [5.41, 5.74) is 0.790.